The van der Waals surface area contributed by atoms with Crippen LogP contribution in [0.1, 0.15) is 18.1 Å². The molecule has 0 unspecified atom stereocenters. The number of benzene rings is 1. The smallest absolute Gasteiger partial charge is 0.244 e. The molecule has 1 amide bonds. The molecule has 1 N–H and O–H groups in total. The van der Waals surface area contributed by atoms with Crippen LogP contribution in [-0.2, 0) is 11.2 Å². The number of ether oxygens (including phenoxy) is 2. The van der Waals surface area contributed by atoms with Crippen LogP contribution in [0.15, 0.2) is 47.3 Å². The van der Waals surface area contributed by atoms with Gasteiger partial charge in [0.25, 0.3) is 0 Å². The van der Waals surface area contributed by atoms with Gasteiger partial charge in [-0.1, -0.05) is 6.07 Å². The Labute approximate surface area is 128 Å². The Morgan fingerprint density at radius 1 is 1.32 bits per heavy atom. The van der Waals surface area contributed by atoms with Gasteiger partial charge in [-0.15, -0.1) is 0 Å². The summed E-state index contributed by atoms with van der Waals surface area (Å²) >= 11 is 0. The lowest BCUT2D eigenvalue weighted by atomic mass is 10.1. The molecule has 1 aromatic heterocycles. The lowest BCUT2D eigenvalue weighted by Gasteiger charge is -2.10. The highest BCUT2D eigenvalue weighted by Gasteiger charge is 2.12. The molecule has 0 bridgehead atoms. The third-order valence-corrected chi connectivity index (χ3v) is 3.33. The van der Waals surface area contributed by atoms with Gasteiger partial charge in [-0.3, -0.25) is 4.79 Å². The van der Waals surface area contributed by atoms with Crippen molar-refractivity contribution in [2.45, 2.75) is 19.4 Å². The Hall–Kier alpha value is -2.69. The van der Waals surface area contributed by atoms with Crippen molar-refractivity contribution >= 4 is 12.0 Å². The van der Waals surface area contributed by atoms with Crippen LogP contribution >= 0.6 is 0 Å². The van der Waals surface area contributed by atoms with Crippen LogP contribution in [0.25, 0.3) is 6.08 Å². The first-order valence-electron chi connectivity index (χ1n) is 7.10. The number of fused-ring (bicyclic) bond motifs is 1. The number of hydrogen-bond acceptors (Lipinski definition) is 4. The maximum Gasteiger partial charge on any atom is 0.244 e. The third-order valence-electron chi connectivity index (χ3n) is 3.33. The van der Waals surface area contributed by atoms with Crippen molar-refractivity contribution in [1.82, 2.24) is 5.32 Å². The highest BCUT2D eigenvalue weighted by molar-refractivity contribution is 5.92. The Morgan fingerprint density at radius 2 is 2.18 bits per heavy atom. The fourth-order valence-electron chi connectivity index (χ4n) is 2.29. The molecule has 5 nitrogen and oxygen atoms in total. The highest BCUT2D eigenvalue weighted by Crippen LogP contribution is 2.32. The van der Waals surface area contributed by atoms with Crippen molar-refractivity contribution < 1.29 is 18.7 Å². The average Bonchev–Trinajstić information content (AvgIpc) is 3.15. The summed E-state index contributed by atoms with van der Waals surface area (Å²) in [5.41, 5.74) is 1.95. The molecule has 0 radical (unpaired) electrons. The van der Waals surface area contributed by atoms with Crippen LogP contribution in [0.5, 0.6) is 11.5 Å². The number of rotatable bonds is 5. The van der Waals surface area contributed by atoms with Gasteiger partial charge in [0.2, 0.25) is 12.7 Å². The second kappa shape index (κ2) is 6.39. The van der Waals surface area contributed by atoms with Gasteiger partial charge in [0.05, 0.1) is 12.5 Å². The molecule has 2 heterocycles. The Kier molecular flexibility index (Phi) is 4.14. The maximum atomic E-state index is 11.9. The fourth-order valence-corrected chi connectivity index (χ4v) is 2.29. The first-order chi connectivity index (χ1) is 10.7. The molecule has 0 saturated heterocycles. The summed E-state index contributed by atoms with van der Waals surface area (Å²) in [6.07, 6.45) is 7.32. The molecule has 0 fully saturated rings. The molecule has 1 aliphatic rings. The summed E-state index contributed by atoms with van der Waals surface area (Å²) in [5.74, 6) is 1.31. The number of hydrogen-bond donors (Lipinski definition) is 1. The number of carbonyl (C=O) groups is 1. The van der Waals surface area contributed by atoms with Crippen molar-refractivity contribution in [3.8, 4) is 11.5 Å². The highest BCUT2D eigenvalue weighted by atomic mass is 16.7. The summed E-state index contributed by atoms with van der Waals surface area (Å²) in [7, 11) is 0. The van der Waals surface area contributed by atoms with E-state index in [1.54, 1.807) is 18.6 Å². The number of nitrogens with one attached hydrogen (secondary N) is 1. The first kappa shape index (κ1) is 14.3. The van der Waals surface area contributed by atoms with E-state index >= 15 is 0 Å². The van der Waals surface area contributed by atoms with Gasteiger partial charge < -0.3 is 19.2 Å². The lowest BCUT2D eigenvalue weighted by molar-refractivity contribution is -0.117. The van der Waals surface area contributed by atoms with Gasteiger partial charge in [-0.25, -0.2) is 0 Å². The molecular formula is C17H17NO4. The zero-order valence-corrected chi connectivity index (χ0v) is 12.2. The van der Waals surface area contributed by atoms with Crippen molar-refractivity contribution in [1.29, 1.82) is 0 Å². The summed E-state index contributed by atoms with van der Waals surface area (Å²) in [5, 5.41) is 2.92. The fraction of sp³-hybridized carbons (Fsp3) is 0.235. The normalized spacial score (nSPS) is 14.2. The number of carbonyl (C=O) groups excluding carboxylic acids is 1. The summed E-state index contributed by atoms with van der Waals surface area (Å²) < 4.78 is 15.6. The Morgan fingerprint density at radius 3 is 3.00 bits per heavy atom. The summed E-state index contributed by atoms with van der Waals surface area (Å²) in [6.45, 7) is 2.20. The van der Waals surface area contributed by atoms with E-state index in [9.17, 15) is 4.79 Å². The molecule has 0 saturated carbocycles. The van der Waals surface area contributed by atoms with Crippen LogP contribution in [0.4, 0.5) is 0 Å². The molecule has 114 valence electrons. The van der Waals surface area contributed by atoms with Crippen LogP contribution < -0.4 is 14.8 Å². The molecular weight excluding hydrogens is 282 g/mol. The summed E-state index contributed by atoms with van der Waals surface area (Å²) in [6, 6.07) is 7.49. The van der Waals surface area contributed by atoms with Gasteiger partial charge in [-0.05, 0) is 48.7 Å². The van der Waals surface area contributed by atoms with E-state index in [1.807, 2.05) is 31.2 Å². The van der Waals surface area contributed by atoms with E-state index < -0.39 is 0 Å². The molecule has 1 aliphatic heterocycles. The van der Waals surface area contributed by atoms with E-state index in [2.05, 4.69) is 5.32 Å². The minimum atomic E-state index is -0.131. The van der Waals surface area contributed by atoms with Crippen LogP contribution in [-0.4, -0.2) is 18.7 Å². The second-order valence-corrected chi connectivity index (χ2v) is 5.19. The van der Waals surface area contributed by atoms with Gasteiger partial charge in [0.15, 0.2) is 11.5 Å². The maximum absolute atomic E-state index is 11.9. The average molecular weight is 299 g/mol. The van der Waals surface area contributed by atoms with Crippen LogP contribution in [0.2, 0.25) is 0 Å². The molecule has 3 rings (SSSR count). The van der Waals surface area contributed by atoms with E-state index in [-0.39, 0.29) is 18.7 Å². The van der Waals surface area contributed by atoms with Crippen molar-refractivity contribution in [2.75, 3.05) is 6.79 Å². The molecule has 5 heteroatoms. The predicted molar refractivity (Wildman–Crippen MR) is 81.6 cm³/mol. The quantitative estimate of drug-likeness (QED) is 0.862. The molecule has 0 spiro atoms. The van der Waals surface area contributed by atoms with Crippen molar-refractivity contribution in [3.63, 3.8) is 0 Å². The largest absolute Gasteiger partial charge is 0.472 e. The standard InChI is InChI=1S/C17H17NO4/c1-12(8-14-6-7-20-10-14)18-17(19)5-3-13-2-4-15-16(9-13)22-11-21-15/h2-7,9-10,12H,8,11H2,1H3,(H,18,19)/b5-3+/t12-/m1/s1. The van der Waals surface area contributed by atoms with E-state index in [1.165, 1.54) is 6.08 Å². The molecule has 22 heavy (non-hydrogen) atoms. The molecule has 1 atom stereocenters. The second-order valence-electron chi connectivity index (χ2n) is 5.19. The van der Waals surface area contributed by atoms with Gasteiger partial charge in [0, 0.05) is 12.1 Å². The molecule has 0 aliphatic carbocycles. The van der Waals surface area contributed by atoms with Gasteiger partial charge in [0.1, 0.15) is 0 Å². The van der Waals surface area contributed by atoms with Crippen LogP contribution in [0.3, 0.4) is 0 Å². The number of furan rings is 1. The van der Waals surface area contributed by atoms with E-state index in [0.717, 1.165) is 23.3 Å². The zero-order valence-electron chi connectivity index (χ0n) is 12.2. The Balaban J connectivity index is 1.54. The van der Waals surface area contributed by atoms with Crippen molar-refractivity contribution in [3.05, 3.63) is 54.0 Å². The predicted octanol–water partition coefficient (Wildman–Crippen LogP) is 2.77. The SMILES string of the molecule is C[C@H](Cc1ccoc1)NC(=O)/C=C/c1ccc2c(c1)OCO2. The van der Waals surface area contributed by atoms with Crippen molar-refractivity contribution in [2.24, 2.45) is 0 Å². The van der Waals surface area contributed by atoms with Gasteiger partial charge >= 0.3 is 0 Å². The topological polar surface area (TPSA) is 60.7 Å². The van der Waals surface area contributed by atoms with Gasteiger partial charge in [-0.2, -0.15) is 0 Å². The van der Waals surface area contributed by atoms with E-state index in [0.29, 0.717) is 5.75 Å². The number of amides is 1. The molecule has 1 aromatic carbocycles. The monoisotopic (exact) mass is 299 g/mol. The third kappa shape index (κ3) is 3.49. The minimum absolute atomic E-state index is 0.0338. The first-order valence-corrected chi connectivity index (χ1v) is 7.10. The zero-order chi connectivity index (χ0) is 15.4. The van der Waals surface area contributed by atoms with E-state index in [4.69, 9.17) is 13.9 Å². The van der Waals surface area contributed by atoms with Crippen LogP contribution in [0, 0.1) is 0 Å². The minimum Gasteiger partial charge on any atom is -0.472 e. The molecule has 2 aromatic rings. The Bertz CT molecular complexity index is 676. The lowest BCUT2D eigenvalue weighted by Crippen LogP contribution is -2.32. The summed E-state index contributed by atoms with van der Waals surface area (Å²) in [4.78, 5) is 11.9.